The lowest BCUT2D eigenvalue weighted by Gasteiger charge is -2.31. The summed E-state index contributed by atoms with van der Waals surface area (Å²) in [7, 11) is 1.62. The highest BCUT2D eigenvalue weighted by Gasteiger charge is 2.47. The molecule has 0 bridgehead atoms. The van der Waals surface area contributed by atoms with Gasteiger partial charge in [-0.3, -0.25) is 0 Å². The first kappa shape index (κ1) is 22.3. The fourth-order valence-corrected chi connectivity index (χ4v) is 5.47. The molecule has 2 heterocycles. The molecule has 3 unspecified atom stereocenters. The van der Waals surface area contributed by atoms with Gasteiger partial charge in [0.15, 0.2) is 5.72 Å². The molecule has 0 aliphatic heterocycles. The number of nitrogens with zero attached hydrogens (tertiary/aromatic N) is 3. The molecule has 1 aromatic carbocycles. The molecule has 0 amide bonds. The van der Waals surface area contributed by atoms with Crippen LogP contribution in [0.5, 0.6) is 5.75 Å². The van der Waals surface area contributed by atoms with E-state index >= 15 is 0 Å². The highest BCUT2D eigenvalue weighted by molar-refractivity contribution is 7.21. The van der Waals surface area contributed by atoms with Gasteiger partial charge in [0, 0.05) is 19.1 Å². The largest absolute Gasteiger partial charge is 0.494 e. The number of nitrogens with one attached hydrogen (secondary N) is 2. The second kappa shape index (κ2) is 8.68. The minimum absolute atomic E-state index is 0.188. The molecule has 176 valence electrons. The van der Waals surface area contributed by atoms with Crippen LogP contribution < -0.4 is 15.4 Å². The number of hydrogen-bond donors (Lipinski definition) is 5. The summed E-state index contributed by atoms with van der Waals surface area (Å²) in [4.78, 5) is 14.1. The zero-order valence-corrected chi connectivity index (χ0v) is 19.5. The summed E-state index contributed by atoms with van der Waals surface area (Å²) in [5.74, 6) is 1.81. The molecule has 5 rings (SSSR count). The van der Waals surface area contributed by atoms with Crippen molar-refractivity contribution in [2.75, 3.05) is 30.9 Å². The molecule has 2 fully saturated rings. The van der Waals surface area contributed by atoms with Crippen molar-refractivity contribution in [2.24, 2.45) is 11.8 Å². The number of benzene rings is 1. The summed E-state index contributed by atoms with van der Waals surface area (Å²) in [6, 6.07) is 5.77. The Bertz CT molecular complexity index is 1170. The van der Waals surface area contributed by atoms with Crippen LogP contribution in [0.3, 0.4) is 0 Å². The van der Waals surface area contributed by atoms with Crippen LogP contribution in [0.1, 0.15) is 31.4 Å². The number of ether oxygens (including phenoxy) is 1. The Kier molecular flexibility index (Phi) is 5.86. The van der Waals surface area contributed by atoms with Crippen molar-refractivity contribution >= 4 is 33.3 Å². The van der Waals surface area contributed by atoms with E-state index in [-0.39, 0.29) is 6.61 Å². The van der Waals surface area contributed by atoms with Gasteiger partial charge in [0.2, 0.25) is 5.95 Å². The van der Waals surface area contributed by atoms with Crippen LogP contribution in [0.2, 0.25) is 0 Å². The summed E-state index contributed by atoms with van der Waals surface area (Å²) < 4.78 is 6.43. The number of aliphatic hydroxyl groups is 3. The topological polar surface area (TPSA) is 133 Å². The summed E-state index contributed by atoms with van der Waals surface area (Å²) in [6.07, 6.45) is 2.09. The van der Waals surface area contributed by atoms with Gasteiger partial charge in [0.25, 0.3) is 0 Å². The second-order valence-electron chi connectivity index (χ2n) is 8.98. The Morgan fingerprint density at radius 1 is 1.21 bits per heavy atom. The molecule has 10 heteroatoms. The summed E-state index contributed by atoms with van der Waals surface area (Å²) in [5.41, 5.74) is 0.522. The Hall–Kier alpha value is -2.53. The van der Waals surface area contributed by atoms with Crippen LogP contribution in [0.25, 0.3) is 20.8 Å². The number of rotatable bonds is 8. The van der Waals surface area contributed by atoms with Crippen LogP contribution in [0, 0.1) is 18.8 Å². The minimum Gasteiger partial charge on any atom is -0.494 e. The number of anilines is 2. The number of aliphatic hydroxyl groups excluding tert-OH is 2. The number of fused-ring (bicyclic) bond motifs is 1. The average molecular weight is 472 g/mol. The maximum atomic E-state index is 11.2. The standard InChI is InChI=1S/C23H29N5O4S/c1-12-17(21-26-18-15(32-2)4-3-5-16(18)33-21)20(27-22(25-12)24-10-13-6-7-13)28-23(31)9-8-14(11-29)19(23)30/h3-5,13-14,19,29-31H,6-11H2,1-2H3,(H2,24,25,27,28). The fourth-order valence-electron chi connectivity index (χ4n) is 4.38. The van der Waals surface area contributed by atoms with Crippen LogP contribution in [-0.2, 0) is 0 Å². The predicted molar refractivity (Wildman–Crippen MR) is 128 cm³/mol. The van der Waals surface area contributed by atoms with E-state index in [4.69, 9.17) is 9.72 Å². The Morgan fingerprint density at radius 2 is 2.03 bits per heavy atom. The van der Waals surface area contributed by atoms with Crippen molar-refractivity contribution < 1.29 is 20.1 Å². The number of para-hydroxylation sites is 1. The Balaban J connectivity index is 1.57. The monoisotopic (exact) mass is 471 g/mol. The molecule has 33 heavy (non-hydrogen) atoms. The van der Waals surface area contributed by atoms with Crippen molar-refractivity contribution in [1.29, 1.82) is 0 Å². The normalized spacial score (nSPS) is 24.9. The van der Waals surface area contributed by atoms with Gasteiger partial charge in [-0.25, -0.2) is 9.97 Å². The van der Waals surface area contributed by atoms with Gasteiger partial charge in [0.1, 0.15) is 28.2 Å². The lowest BCUT2D eigenvalue weighted by molar-refractivity contribution is -0.0545. The minimum atomic E-state index is -1.61. The van der Waals surface area contributed by atoms with Crippen molar-refractivity contribution in [2.45, 2.75) is 44.4 Å². The number of hydrogen-bond acceptors (Lipinski definition) is 10. The molecule has 0 spiro atoms. The van der Waals surface area contributed by atoms with Gasteiger partial charge in [0.05, 0.1) is 23.1 Å². The molecule has 9 nitrogen and oxygen atoms in total. The van der Waals surface area contributed by atoms with E-state index in [9.17, 15) is 15.3 Å². The summed E-state index contributed by atoms with van der Waals surface area (Å²) in [6.45, 7) is 2.50. The van der Waals surface area contributed by atoms with Crippen LogP contribution >= 0.6 is 11.3 Å². The van der Waals surface area contributed by atoms with Crippen molar-refractivity contribution in [3.8, 4) is 16.3 Å². The highest BCUT2D eigenvalue weighted by Crippen LogP contribution is 2.42. The molecule has 0 saturated heterocycles. The zero-order valence-electron chi connectivity index (χ0n) is 18.7. The summed E-state index contributed by atoms with van der Waals surface area (Å²) in [5, 5.41) is 38.5. The zero-order chi connectivity index (χ0) is 23.2. The van der Waals surface area contributed by atoms with Crippen molar-refractivity contribution in [3.63, 3.8) is 0 Å². The molecular formula is C23H29N5O4S. The third kappa shape index (κ3) is 4.23. The van der Waals surface area contributed by atoms with E-state index in [0.29, 0.717) is 52.5 Å². The van der Waals surface area contributed by atoms with Gasteiger partial charge in [-0.05, 0) is 50.7 Å². The van der Waals surface area contributed by atoms with E-state index in [0.717, 1.165) is 16.8 Å². The van der Waals surface area contributed by atoms with E-state index in [2.05, 4.69) is 20.6 Å². The third-order valence-electron chi connectivity index (χ3n) is 6.55. The quantitative estimate of drug-likeness (QED) is 0.315. The smallest absolute Gasteiger partial charge is 0.224 e. The molecule has 5 N–H and O–H groups in total. The van der Waals surface area contributed by atoms with Crippen LogP contribution in [0.4, 0.5) is 11.8 Å². The maximum absolute atomic E-state index is 11.2. The predicted octanol–water partition coefficient (Wildman–Crippen LogP) is 2.76. The number of aromatic nitrogens is 3. The Labute approximate surface area is 195 Å². The van der Waals surface area contributed by atoms with E-state index in [1.807, 2.05) is 25.1 Å². The van der Waals surface area contributed by atoms with Crippen molar-refractivity contribution in [1.82, 2.24) is 15.0 Å². The first-order chi connectivity index (χ1) is 15.9. The molecule has 2 aliphatic carbocycles. The van der Waals surface area contributed by atoms with Gasteiger partial charge >= 0.3 is 0 Å². The average Bonchev–Trinajstić information content (AvgIpc) is 3.46. The maximum Gasteiger partial charge on any atom is 0.224 e. The first-order valence-electron chi connectivity index (χ1n) is 11.3. The van der Waals surface area contributed by atoms with E-state index in [1.54, 1.807) is 7.11 Å². The molecular weight excluding hydrogens is 442 g/mol. The number of methoxy groups -OCH3 is 1. The van der Waals surface area contributed by atoms with E-state index in [1.165, 1.54) is 24.2 Å². The summed E-state index contributed by atoms with van der Waals surface area (Å²) >= 11 is 1.49. The molecule has 3 atom stereocenters. The van der Waals surface area contributed by atoms with E-state index < -0.39 is 17.7 Å². The van der Waals surface area contributed by atoms with Gasteiger partial charge in [-0.1, -0.05) is 6.07 Å². The lowest BCUT2D eigenvalue weighted by Crippen LogP contribution is -2.48. The first-order valence-corrected chi connectivity index (χ1v) is 12.1. The van der Waals surface area contributed by atoms with Crippen LogP contribution in [-0.4, -0.2) is 62.4 Å². The third-order valence-corrected chi connectivity index (χ3v) is 7.59. The highest BCUT2D eigenvalue weighted by atomic mass is 32.1. The molecule has 2 saturated carbocycles. The van der Waals surface area contributed by atoms with Gasteiger partial charge in [-0.2, -0.15) is 4.98 Å². The molecule has 2 aliphatic rings. The molecule has 0 radical (unpaired) electrons. The van der Waals surface area contributed by atoms with Gasteiger partial charge in [-0.15, -0.1) is 11.3 Å². The van der Waals surface area contributed by atoms with Gasteiger partial charge < -0.3 is 30.7 Å². The molecule has 2 aromatic heterocycles. The molecule has 3 aromatic rings. The fraction of sp³-hybridized carbons (Fsp3) is 0.522. The Morgan fingerprint density at radius 3 is 2.73 bits per heavy atom. The van der Waals surface area contributed by atoms with Crippen molar-refractivity contribution in [3.05, 3.63) is 23.9 Å². The second-order valence-corrected chi connectivity index (χ2v) is 10.0. The number of aryl methyl sites for hydroxylation is 1. The van der Waals surface area contributed by atoms with Crippen LogP contribution in [0.15, 0.2) is 18.2 Å². The SMILES string of the molecule is COc1cccc2sc(-c3c(C)nc(NCC4CC4)nc3NC3(O)CCC(CO)C3O)nc12. The lowest BCUT2D eigenvalue weighted by atomic mass is 10.0. The number of thiazole rings is 1.